The minimum absolute atomic E-state index is 0.0120. The molecule has 0 saturated carbocycles. The Kier molecular flexibility index (Phi) is 6.04. The average Bonchev–Trinajstić information content (AvgIpc) is 3.16. The lowest BCUT2D eigenvalue weighted by Gasteiger charge is -2.16. The van der Waals surface area contributed by atoms with Gasteiger partial charge in [-0.1, -0.05) is 12.1 Å². The molecule has 2 N–H and O–H groups in total. The maximum atomic E-state index is 12.8. The van der Waals surface area contributed by atoms with Crippen molar-refractivity contribution >= 4 is 17.7 Å². The van der Waals surface area contributed by atoms with Gasteiger partial charge in [0.05, 0.1) is 18.0 Å². The van der Waals surface area contributed by atoms with Crippen LogP contribution in [0.2, 0.25) is 0 Å². The van der Waals surface area contributed by atoms with Gasteiger partial charge in [-0.2, -0.15) is 13.2 Å². The predicted octanol–water partition coefficient (Wildman–Crippen LogP) is 4.08. The van der Waals surface area contributed by atoms with Gasteiger partial charge in [-0.05, 0) is 35.9 Å². The van der Waals surface area contributed by atoms with Gasteiger partial charge in [0.25, 0.3) is 0 Å². The van der Waals surface area contributed by atoms with Gasteiger partial charge >= 0.3 is 12.1 Å². The standard InChI is InChI=1S/C19H18F3NO4S/c1-26-16-6-5-11(17-23-15(10-28-17)18(24)25)7-12(16)9-27-14-4-2-3-13(8-14)19(20,21)22/h2-8,15,17,23H,9-10H2,1H3,(H,24,25)/t15-,17+/m1/s1. The quantitative estimate of drug-likeness (QED) is 0.744. The normalized spacial score (nSPS) is 19.4. The minimum atomic E-state index is -4.44. The predicted molar refractivity (Wildman–Crippen MR) is 98.5 cm³/mol. The first-order chi connectivity index (χ1) is 13.3. The summed E-state index contributed by atoms with van der Waals surface area (Å²) >= 11 is 1.47. The second-order valence-electron chi connectivity index (χ2n) is 6.16. The average molecular weight is 413 g/mol. The largest absolute Gasteiger partial charge is 0.496 e. The number of hydrogen-bond donors (Lipinski definition) is 2. The number of thioether (sulfide) groups is 1. The number of ether oxygens (including phenoxy) is 2. The second-order valence-corrected chi connectivity index (χ2v) is 7.29. The van der Waals surface area contributed by atoms with Gasteiger partial charge in [0, 0.05) is 11.3 Å². The van der Waals surface area contributed by atoms with Crippen LogP contribution in [0.25, 0.3) is 0 Å². The molecule has 1 aliphatic heterocycles. The Bertz CT molecular complexity index is 859. The van der Waals surface area contributed by atoms with Crippen LogP contribution in [0, 0.1) is 0 Å². The highest BCUT2D eigenvalue weighted by Gasteiger charge is 2.31. The molecular weight excluding hydrogens is 395 g/mol. The maximum absolute atomic E-state index is 12.8. The van der Waals surface area contributed by atoms with E-state index >= 15 is 0 Å². The van der Waals surface area contributed by atoms with E-state index in [-0.39, 0.29) is 17.7 Å². The summed E-state index contributed by atoms with van der Waals surface area (Å²) in [5, 5.41) is 11.9. The van der Waals surface area contributed by atoms with Crippen molar-refractivity contribution in [1.29, 1.82) is 0 Å². The summed E-state index contributed by atoms with van der Waals surface area (Å²) in [6.07, 6.45) is -4.44. The summed E-state index contributed by atoms with van der Waals surface area (Å²) in [6, 6.07) is 9.41. The Morgan fingerprint density at radius 3 is 2.71 bits per heavy atom. The van der Waals surface area contributed by atoms with Gasteiger partial charge < -0.3 is 14.6 Å². The third-order valence-electron chi connectivity index (χ3n) is 4.24. The topological polar surface area (TPSA) is 67.8 Å². The Morgan fingerprint density at radius 1 is 1.29 bits per heavy atom. The van der Waals surface area contributed by atoms with E-state index in [1.807, 2.05) is 6.07 Å². The van der Waals surface area contributed by atoms with Crippen LogP contribution in [-0.2, 0) is 17.6 Å². The first-order valence-corrected chi connectivity index (χ1v) is 9.40. The molecule has 0 bridgehead atoms. The third kappa shape index (κ3) is 4.71. The highest BCUT2D eigenvalue weighted by Crippen LogP contribution is 2.36. The summed E-state index contributed by atoms with van der Waals surface area (Å²) < 4.78 is 49.4. The van der Waals surface area contributed by atoms with Crippen molar-refractivity contribution < 1.29 is 32.5 Å². The SMILES string of the molecule is COc1ccc([C@H]2N[C@@H](C(=O)O)CS2)cc1COc1cccc(C(F)(F)F)c1. The van der Waals surface area contributed by atoms with Gasteiger partial charge in [-0.25, -0.2) is 0 Å². The van der Waals surface area contributed by atoms with Gasteiger partial charge in [-0.3, -0.25) is 10.1 Å². The van der Waals surface area contributed by atoms with Crippen molar-refractivity contribution in [3.05, 3.63) is 59.2 Å². The molecule has 5 nitrogen and oxygen atoms in total. The molecule has 0 spiro atoms. The fourth-order valence-electron chi connectivity index (χ4n) is 2.80. The van der Waals surface area contributed by atoms with Gasteiger partial charge in [0.15, 0.2) is 0 Å². The smallest absolute Gasteiger partial charge is 0.416 e. The van der Waals surface area contributed by atoms with Crippen molar-refractivity contribution in [2.45, 2.75) is 24.2 Å². The van der Waals surface area contributed by atoms with Crippen LogP contribution in [0.3, 0.4) is 0 Å². The molecule has 1 aliphatic rings. The summed E-state index contributed by atoms with van der Waals surface area (Å²) in [4.78, 5) is 11.1. The summed E-state index contributed by atoms with van der Waals surface area (Å²) in [5.74, 6) is 0.175. The second kappa shape index (κ2) is 8.32. The highest BCUT2D eigenvalue weighted by molar-refractivity contribution is 7.99. The van der Waals surface area contributed by atoms with Gasteiger partial charge in [0.1, 0.15) is 24.1 Å². The summed E-state index contributed by atoms with van der Waals surface area (Å²) in [6.45, 7) is 0.0120. The van der Waals surface area contributed by atoms with E-state index in [0.717, 1.165) is 17.7 Å². The fraction of sp³-hybridized carbons (Fsp3) is 0.316. The number of methoxy groups -OCH3 is 1. The molecule has 0 unspecified atom stereocenters. The number of nitrogens with one attached hydrogen (secondary N) is 1. The molecule has 0 aliphatic carbocycles. The molecule has 2 atom stereocenters. The first kappa shape index (κ1) is 20.3. The molecule has 0 amide bonds. The number of carboxylic acids is 1. The Hall–Kier alpha value is -2.39. The van der Waals surface area contributed by atoms with Crippen LogP contribution >= 0.6 is 11.8 Å². The number of rotatable bonds is 6. The highest BCUT2D eigenvalue weighted by atomic mass is 32.2. The Morgan fingerprint density at radius 2 is 2.07 bits per heavy atom. The van der Waals surface area contributed by atoms with Crippen molar-refractivity contribution in [1.82, 2.24) is 5.32 Å². The van der Waals surface area contributed by atoms with Crippen molar-refractivity contribution in [2.75, 3.05) is 12.9 Å². The van der Waals surface area contributed by atoms with E-state index in [1.54, 1.807) is 12.1 Å². The third-order valence-corrected chi connectivity index (χ3v) is 5.51. The molecule has 1 saturated heterocycles. The molecule has 1 fully saturated rings. The van der Waals surface area contributed by atoms with Crippen molar-refractivity contribution in [3.63, 3.8) is 0 Å². The molecule has 2 aromatic rings. The number of aliphatic carboxylic acids is 1. The van der Waals surface area contributed by atoms with Crippen molar-refractivity contribution in [3.8, 4) is 11.5 Å². The van der Waals surface area contributed by atoms with E-state index < -0.39 is 23.8 Å². The zero-order chi connectivity index (χ0) is 20.3. The zero-order valence-electron chi connectivity index (χ0n) is 14.8. The molecular formula is C19H18F3NO4S. The molecule has 2 aromatic carbocycles. The number of halogens is 3. The number of hydrogen-bond acceptors (Lipinski definition) is 5. The van der Waals surface area contributed by atoms with Crippen LogP contribution in [-0.4, -0.2) is 30.0 Å². The van der Waals surface area contributed by atoms with Crippen LogP contribution in [0.4, 0.5) is 13.2 Å². The van der Waals surface area contributed by atoms with E-state index in [1.165, 1.54) is 31.0 Å². The molecule has 150 valence electrons. The number of benzene rings is 2. The van der Waals surface area contributed by atoms with Gasteiger partial charge in [-0.15, -0.1) is 11.8 Å². The van der Waals surface area contributed by atoms with E-state index in [9.17, 15) is 18.0 Å². The minimum Gasteiger partial charge on any atom is -0.496 e. The number of carboxylic acid groups (broad SMARTS) is 1. The fourth-order valence-corrected chi connectivity index (χ4v) is 4.03. The lowest BCUT2D eigenvalue weighted by atomic mass is 10.1. The Balaban J connectivity index is 1.75. The summed E-state index contributed by atoms with van der Waals surface area (Å²) in [7, 11) is 1.49. The lowest BCUT2D eigenvalue weighted by molar-refractivity contribution is -0.139. The molecule has 28 heavy (non-hydrogen) atoms. The molecule has 0 radical (unpaired) electrons. The zero-order valence-corrected chi connectivity index (χ0v) is 15.6. The first-order valence-electron chi connectivity index (χ1n) is 8.35. The van der Waals surface area contributed by atoms with Crippen LogP contribution < -0.4 is 14.8 Å². The van der Waals surface area contributed by atoms with Gasteiger partial charge in [0.2, 0.25) is 0 Å². The molecule has 9 heteroatoms. The van der Waals surface area contributed by atoms with Crippen LogP contribution in [0.5, 0.6) is 11.5 Å². The van der Waals surface area contributed by atoms with Crippen LogP contribution in [0.15, 0.2) is 42.5 Å². The van der Waals surface area contributed by atoms with E-state index in [2.05, 4.69) is 5.32 Å². The maximum Gasteiger partial charge on any atom is 0.416 e. The van der Waals surface area contributed by atoms with Crippen LogP contribution in [0.1, 0.15) is 22.1 Å². The number of alkyl halides is 3. The monoisotopic (exact) mass is 413 g/mol. The van der Waals surface area contributed by atoms with Crippen molar-refractivity contribution in [2.24, 2.45) is 0 Å². The molecule has 0 aromatic heterocycles. The lowest BCUT2D eigenvalue weighted by Crippen LogP contribution is -2.33. The summed E-state index contributed by atoms with van der Waals surface area (Å²) in [5.41, 5.74) is 0.716. The van der Waals surface area contributed by atoms with E-state index in [0.29, 0.717) is 17.1 Å². The molecule has 1 heterocycles. The van der Waals surface area contributed by atoms with E-state index in [4.69, 9.17) is 14.6 Å². The number of carbonyl (C=O) groups is 1. The molecule has 3 rings (SSSR count). The Labute approximate surface area is 163 Å².